The minimum absolute atomic E-state index is 0.0224. The highest BCUT2D eigenvalue weighted by atomic mass is 19.1. The van der Waals surface area contributed by atoms with Crippen molar-refractivity contribution in [3.8, 4) is 5.75 Å². The van der Waals surface area contributed by atoms with E-state index >= 15 is 0 Å². The largest absolute Gasteiger partial charge is 0.487 e. The van der Waals surface area contributed by atoms with Gasteiger partial charge in [0.1, 0.15) is 12.4 Å². The second-order valence-corrected chi connectivity index (χ2v) is 7.74. The fourth-order valence-corrected chi connectivity index (χ4v) is 4.05. The van der Waals surface area contributed by atoms with Crippen LogP contribution in [0.15, 0.2) is 42.5 Å². The molecule has 1 saturated heterocycles. The summed E-state index contributed by atoms with van der Waals surface area (Å²) in [5.41, 5.74) is 2.31. The van der Waals surface area contributed by atoms with E-state index in [0.29, 0.717) is 25.3 Å². The number of amides is 2. The number of carbonyl (C=O) groups excluding carboxylic acids is 2. The number of rotatable bonds is 5. The van der Waals surface area contributed by atoms with Gasteiger partial charge in [-0.2, -0.15) is 0 Å². The summed E-state index contributed by atoms with van der Waals surface area (Å²) in [6, 6.07) is 11.5. The molecule has 1 fully saturated rings. The molecule has 2 aromatic rings. The Balaban J connectivity index is 1.29. The lowest BCUT2D eigenvalue weighted by atomic mass is 10.1. The molecule has 7 nitrogen and oxygen atoms in total. The summed E-state index contributed by atoms with van der Waals surface area (Å²) >= 11 is 0. The maximum atomic E-state index is 13.0. The number of benzene rings is 2. The van der Waals surface area contributed by atoms with E-state index < -0.39 is 0 Å². The highest BCUT2D eigenvalue weighted by molar-refractivity contribution is 5.95. The smallest absolute Gasteiger partial charge is 0.251 e. The van der Waals surface area contributed by atoms with Crippen LogP contribution in [-0.4, -0.2) is 69.1 Å². The zero-order valence-electron chi connectivity index (χ0n) is 17.6. The zero-order chi connectivity index (χ0) is 21.8. The van der Waals surface area contributed by atoms with Crippen LogP contribution >= 0.6 is 0 Å². The summed E-state index contributed by atoms with van der Waals surface area (Å²) in [4.78, 5) is 30.5. The summed E-state index contributed by atoms with van der Waals surface area (Å²) in [5, 5.41) is 2.89. The summed E-state index contributed by atoms with van der Waals surface area (Å²) in [6.45, 7) is 7.35. The normalized spacial score (nSPS) is 16.5. The minimum Gasteiger partial charge on any atom is -0.487 e. The Bertz CT molecular complexity index is 942. The Morgan fingerprint density at radius 2 is 1.71 bits per heavy atom. The van der Waals surface area contributed by atoms with Gasteiger partial charge in [0.25, 0.3) is 5.91 Å². The second-order valence-electron chi connectivity index (χ2n) is 7.74. The van der Waals surface area contributed by atoms with Gasteiger partial charge >= 0.3 is 0 Å². The van der Waals surface area contributed by atoms with Crippen molar-refractivity contribution in [2.45, 2.75) is 6.92 Å². The average Bonchev–Trinajstić information content (AvgIpc) is 2.79. The number of nitrogens with zero attached hydrogens (tertiary/aromatic N) is 3. The SMILES string of the molecule is CC(=O)N1CCOc2c(N3CCN(CCNC(=O)c4ccc(F)cc4)CC3)cccc21. The van der Waals surface area contributed by atoms with E-state index in [1.54, 1.807) is 11.8 Å². The lowest BCUT2D eigenvalue weighted by molar-refractivity contribution is -0.116. The summed E-state index contributed by atoms with van der Waals surface area (Å²) in [7, 11) is 0. The fraction of sp³-hybridized carbons (Fsp3) is 0.391. The zero-order valence-corrected chi connectivity index (χ0v) is 17.6. The van der Waals surface area contributed by atoms with E-state index in [9.17, 15) is 14.0 Å². The molecule has 31 heavy (non-hydrogen) atoms. The first-order chi connectivity index (χ1) is 15.0. The number of hydrogen-bond acceptors (Lipinski definition) is 5. The molecule has 0 atom stereocenters. The van der Waals surface area contributed by atoms with Crippen LogP contribution in [0.3, 0.4) is 0 Å². The number of hydrogen-bond donors (Lipinski definition) is 1. The van der Waals surface area contributed by atoms with Crippen LogP contribution in [0.4, 0.5) is 15.8 Å². The van der Waals surface area contributed by atoms with Gasteiger partial charge in [-0.25, -0.2) is 4.39 Å². The molecule has 0 spiro atoms. The molecule has 0 radical (unpaired) electrons. The number of piperazine rings is 1. The second kappa shape index (κ2) is 9.34. The lowest BCUT2D eigenvalue weighted by Gasteiger charge is -2.38. The van der Waals surface area contributed by atoms with Gasteiger partial charge in [-0.15, -0.1) is 0 Å². The molecular formula is C23H27FN4O3. The van der Waals surface area contributed by atoms with Crippen molar-refractivity contribution in [2.75, 3.05) is 62.2 Å². The molecule has 2 heterocycles. The first kappa shape index (κ1) is 21.1. The van der Waals surface area contributed by atoms with E-state index in [2.05, 4.69) is 15.1 Å². The van der Waals surface area contributed by atoms with Crippen LogP contribution in [0.5, 0.6) is 5.75 Å². The highest BCUT2D eigenvalue weighted by Crippen LogP contribution is 2.40. The molecule has 0 unspecified atom stereocenters. The van der Waals surface area contributed by atoms with E-state index in [0.717, 1.165) is 49.8 Å². The van der Waals surface area contributed by atoms with Crippen molar-refractivity contribution < 1.29 is 18.7 Å². The van der Waals surface area contributed by atoms with E-state index in [1.165, 1.54) is 24.3 Å². The van der Waals surface area contributed by atoms with Gasteiger partial charge in [0, 0.05) is 51.8 Å². The van der Waals surface area contributed by atoms with Crippen LogP contribution in [0.25, 0.3) is 0 Å². The summed E-state index contributed by atoms with van der Waals surface area (Å²) in [5.74, 6) is 0.258. The van der Waals surface area contributed by atoms with E-state index in [4.69, 9.17) is 4.74 Å². The predicted molar refractivity (Wildman–Crippen MR) is 117 cm³/mol. The van der Waals surface area contributed by atoms with Crippen LogP contribution in [-0.2, 0) is 4.79 Å². The quantitative estimate of drug-likeness (QED) is 0.794. The number of ether oxygens (including phenoxy) is 1. The number of halogens is 1. The fourth-order valence-electron chi connectivity index (χ4n) is 4.05. The number of anilines is 2. The molecule has 0 saturated carbocycles. The van der Waals surface area contributed by atoms with Crippen molar-refractivity contribution in [1.29, 1.82) is 0 Å². The van der Waals surface area contributed by atoms with Crippen LogP contribution in [0, 0.1) is 5.82 Å². The average molecular weight is 426 g/mol. The third-order valence-electron chi connectivity index (χ3n) is 5.74. The molecular weight excluding hydrogens is 399 g/mol. The topological polar surface area (TPSA) is 65.1 Å². The van der Waals surface area contributed by atoms with Gasteiger partial charge in [-0.05, 0) is 36.4 Å². The van der Waals surface area contributed by atoms with Crippen molar-refractivity contribution >= 4 is 23.2 Å². The van der Waals surface area contributed by atoms with Gasteiger partial charge < -0.3 is 19.9 Å². The Hall–Kier alpha value is -3.13. The molecule has 0 aliphatic carbocycles. The third kappa shape index (κ3) is 4.80. The number of nitrogens with one attached hydrogen (secondary N) is 1. The van der Waals surface area contributed by atoms with Crippen LogP contribution < -0.4 is 19.9 Å². The third-order valence-corrected chi connectivity index (χ3v) is 5.74. The highest BCUT2D eigenvalue weighted by Gasteiger charge is 2.27. The number of carbonyl (C=O) groups is 2. The van der Waals surface area contributed by atoms with Gasteiger partial charge in [0.2, 0.25) is 5.91 Å². The molecule has 0 aromatic heterocycles. The molecule has 2 amide bonds. The Kier molecular flexibility index (Phi) is 6.36. The van der Waals surface area contributed by atoms with Crippen molar-refractivity contribution in [1.82, 2.24) is 10.2 Å². The molecule has 8 heteroatoms. The Morgan fingerprint density at radius 1 is 1.00 bits per heavy atom. The summed E-state index contributed by atoms with van der Waals surface area (Å²) < 4.78 is 18.9. The monoisotopic (exact) mass is 426 g/mol. The first-order valence-corrected chi connectivity index (χ1v) is 10.6. The minimum atomic E-state index is -0.353. The van der Waals surface area contributed by atoms with Crippen LogP contribution in [0.1, 0.15) is 17.3 Å². The Labute approximate surface area is 181 Å². The van der Waals surface area contributed by atoms with Gasteiger partial charge in [-0.1, -0.05) is 6.07 Å². The molecule has 0 bridgehead atoms. The first-order valence-electron chi connectivity index (χ1n) is 10.6. The maximum Gasteiger partial charge on any atom is 0.251 e. The molecule has 2 aliphatic heterocycles. The van der Waals surface area contributed by atoms with Crippen molar-refractivity contribution in [3.05, 3.63) is 53.8 Å². The van der Waals surface area contributed by atoms with Gasteiger partial charge in [-0.3, -0.25) is 14.5 Å². The molecule has 1 N–H and O–H groups in total. The molecule has 2 aromatic carbocycles. The van der Waals surface area contributed by atoms with Gasteiger partial charge in [0.15, 0.2) is 5.75 Å². The van der Waals surface area contributed by atoms with Crippen LogP contribution in [0.2, 0.25) is 0 Å². The van der Waals surface area contributed by atoms with E-state index in [1.807, 2.05) is 18.2 Å². The van der Waals surface area contributed by atoms with Crippen molar-refractivity contribution in [2.24, 2.45) is 0 Å². The standard InChI is InChI=1S/C23H27FN4O3/c1-17(29)28-15-16-31-22-20(3-2-4-21(22)28)27-13-11-26(12-14-27)10-9-25-23(30)18-5-7-19(24)8-6-18/h2-8H,9-16H2,1H3,(H,25,30). The predicted octanol–water partition coefficient (Wildman–Crippen LogP) is 2.12. The molecule has 164 valence electrons. The molecule has 4 rings (SSSR count). The number of fused-ring (bicyclic) bond motifs is 1. The van der Waals surface area contributed by atoms with E-state index in [-0.39, 0.29) is 17.6 Å². The molecule has 2 aliphatic rings. The lowest BCUT2D eigenvalue weighted by Crippen LogP contribution is -2.48. The summed E-state index contributed by atoms with van der Waals surface area (Å²) in [6.07, 6.45) is 0. The van der Waals surface area contributed by atoms with Crippen molar-refractivity contribution in [3.63, 3.8) is 0 Å². The number of para-hydroxylation sites is 1. The maximum absolute atomic E-state index is 13.0. The Morgan fingerprint density at radius 3 is 2.42 bits per heavy atom. The van der Waals surface area contributed by atoms with Gasteiger partial charge in [0.05, 0.1) is 17.9 Å².